The van der Waals surface area contributed by atoms with Crippen LogP contribution in [0.4, 0.5) is 0 Å². The molecule has 6 heteroatoms. The third kappa shape index (κ3) is 31.8. The fourth-order valence-electron chi connectivity index (χ4n) is 0. The smallest absolute Gasteiger partial charge is 0.884 e. The summed E-state index contributed by atoms with van der Waals surface area (Å²) < 4.78 is 0. The topological polar surface area (TPSA) is 46.1 Å². The van der Waals surface area contributed by atoms with Gasteiger partial charge in [-0.15, -0.1) is 0 Å². The van der Waals surface area contributed by atoms with E-state index in [2.05, 4.69) is 15.8 Å². The number of hydrogen-bond acceptors (Lipinski definition) is 2. The van der Waals surface area contributed by atoms with Gasteiger partial charge in [-0.25, -0.2) is 15.8 Å². The zero-order valence-electron chi connectivity index (χ0n) is 3.77. The number of halogens is 1. The summed E-state index contributed by atoms with van der Waals surface area (Å²) in [5, 5.41) is 17.8. The molecular weight excluding hydrogens is 169 g/mol. The first-order valence-corrected chi connectivity index (χ1v) is 1.61. The molecule has 0 fully saturated rings. The summed E-state index contributed by atoms with van der Waals surface area (Å²) in [6.45, 7) is 0. The van der Waals surface area contributed by atoms with E-state index in [0.29, 0.717) is 0 Å². The van der Waals surface area contributed by atoms with Crippen molar-refractivity contribution in [3.05, 3.63) is 0 Å². The molecule has 0 amide bonds. The summed E-state index contributed by atoms with van der Waals surface area (Å²) in [6, 6.07) is 0. The Morgan fingerprint density at radius 1 is 1.17 bits per heavy atom. The Kier molecular flexibility index (Phi) is 27.5. The molecule has 0 rings (SSSR count). The van der Waals surface area contributed by atoms with Crippen molar-refractivity contribution >= 4 is 21.7 Å². The standard InChI is InChI=1S/BBrO2.2Na/c2-1(3)4;;/q-2;2*+1. The molecule has 0 N–H and O–H groups in total. The predicted octanol–water partition coefficient (Wildman–Crippen LogP) is -7.91. The first-order valence-electron chi connectivity index (χ1n) is 0.690. The molecule has 0 aliphatic heterocycles. The molecule has 0 bridgehead atoms. The van der Waals surface area contributed by atoms with Crippen LogP contribution in [0.15, 0.2) is 0 Å². The molecule has 0 unspecified atom stereocenters. The molecule has 0 saturated carbocycles. The molecule has 0 heterocycles. The van der Waals surface area contributed by atoms with Gasteiger partial charge in [-0.3, -0.25) is 0 Å². The predicted molar refractivity (Wildman–Crippen MR) is 14.7 cm³/mol. The second-order valence-corrected chi connectivity index (χ2v) is 1.02. The van der Waals surface area contributed by atoms with Gasteiger partial charge in [0.05, 0.1) is 0 Å². The van der Waals surface area contributed by atoms with Crippen LogP contribution < -0.4 is 69.2 Å². The van der Waals surface area contributed by atoms with Gasteiger partial charge in [-0.1, -0.05) is 0 Å². The van der Waals surface area contributed by atoms with Gasteiger partial charge in [0.25, 0.3) is 0 Å². The van der Waals surface area contributed by atoms with Gasteiger partial charge in [0.2, 0.25) is 0 Å². The van der Waals surface area contributed by atoms with E-state index in [-0.39, 0.29) is 59.1 Å². The molecule has 0 radical (unpaired) electrons. The Bertz CT molecular complexity index is 16.3. The Hall–Kier alpha value is 2.46. The van der Waals surface area contributed by atoms with Gasteiger partial charge in [0.1, 0.15) is 0 Å². The average molecular weight is 169 g/mol. The Morgan fingerprint density at radius 3 is 1.17 bits per heavy atom. The molecule has 0 aromatic rings. The molecule has 0 aliphatic carbocycles. The van der Waals surface area contributed by atoms with Gasteiger partial charge < -0.3 is 10.0 Å². The van der Waals surface area contributed by atoms with Crippen LogP contribution in [0.1, 0.15) is 0 Å². The van der Waals surface area contributed by atoms with Crippen molar-refractivity contribution in [2.24, 2.45) is 0 Å². The van der Waals surface area contributed by atoms with Crippen molar-refractivity contribution in [3.63, 3.8) is 0 Å². The van der Waals surface area contributed by atoms with Crippen LogP contribution in [-0.2, 0) is 0 Å². The second-order valence-electron chi connectivity index (χ2n) is 0.274. The average Bonchev–Trinajstić information content (AvgIpc) is 0.811. The molecule has 2 nitrogen and oxygen atoms in total. The van der Waals surface area contributed by atoms with Crippen LogP contribution in [0.3, 0.4) is 0 Å². The molecule has 6 heavy (non-hydrogen) atoms. The van der Waals surface area contributed by atoms with E-state index in [1.165, 1.54) is 0 Å². The summed E-state index contributed by atoms with van der Waals surface area (Å²) in [4.78, 5) is 0. The number of hydrogen-bond donors (Lipinski definition) is 0. The van der Waals surface area contributed by atoms with Crippen LogP contribution in [0.25, 0.3) is 0 Å². The molecule has 0 spiro atoms. The summed E-state index contributed by atoms with van der Waals surface area (Å²) in [5.74, 6) is -1.85. The molecule has 0 aromatic heterocycles. The van der Waals surface area contributed by atoms with Crippen molar-refractivity contribution in [1.29, 1.82) is 0 Å². The summed E-state index contributed by atoms with van der Waals surface area (Å²) >= 11 is 2.16. The van der Waals surface area contributed by atoms with E-state index >= 15 is 0 Å². The monoisotopic (exact) mass is 168 g/mol. The minimum absolute atomic E-state index is 0. The van der Waals surface area contributed by atoms with E-state index in [4.69, 9.17) is 10.0 Å². The van der Waals surface area contributed by atoms with E-state index in [9.17, 15) is 0 Å². The first-order chi connectivity index (χ1) is 1.73. The van der Waals surface area contributed by atoms with Crippen LogP contribution >= 0.6 is 15.8 Å². The maximum atomic E-state index is 8.89. The van der Waals surface area contributed by atoms with E-state index < -0.39 is 5.94 Å². The fourth-order valence-corrected chi connectivity index (χ4v) is 0. The minimum Gasteiger partial charge on any atom is -0.884 e. The zero-order valence-corrected chi connectivity index (χ0v) is 9.36. The summed E-state index contributed by atoms with van der Waals surface area (Å²) in [5.41, 5.74) is 0. The Morgan fingerprint density at radius 2 is 1.17 bits per heavy atom. The van der Waals surface area contributed by atoms with E-state index in [1.54, 1.807) is 0 Å². The van der Waals surface area contributed by atoms with Gasteiger partial charge in [0.15, 0.2) is 0 Å². The molecule has 0 atom stereocenters. The van der Waals surface area contributed by atoms with Crippen molar-refractivity contribution in [3.8, 4) is 0 Å². The van der Waals surface area contributed by atoms with Crippen molar-refractivity contribution < 1.29 is 69.2 Å². The van der Waals surface area contributed by atoms with Crippen LogP contribution in [0.5, 0.6) is 0 Å². The summed E-state index contributed by atoms with van der Waals surface area (Å²) in [7, 11) is 0. The van der Waals surface area contributed by atoms with Crippen molar-refractivity contribution in [2.75, 3.05) is 0 Å². The SMILES string of the molecule is [Na+].[Na+].[O-]B([O-])Br. The van der Waals surface area contributed by atoms with Crippen molar-refractivity contribution in [2.45, 2.75) is 0 Å². The van der Waals surface area contributed by atoms with Crippen LogP contribution in [0, 0.1) is 0 Å². The maximum Gasteiger partial charge on any atom is 1.00 e. The second kappa shape index (κ2) is 10.4. The van der Waals surface area contributed by atoms with E-state index in [0.717, 1.165) is 0 Å². The Labute approximate surface area is 89.4 Å². The molecule has 24 valence electrons. The minimum atomic E-state index is -1.85. The number of rotatable bonds is 0. The third-order valence-corrected chi connectivity index (χ3v) is 0. The largest absolute Gasteiger partial charge is 1.00 e. The van der Waals surface area contributed by atoms with Gasteiger partial charge >= 0.3 is 59.1 Å². The Balaban J connectivity index is -0.0000000450. The maximum absolute atomic E-state index is 8.89. The summed E-state index contributed by atoms with van der Waals surface area (Å²) in [6.07, 6.45) is 0. The van der Waals surface area contributed by atoms with E-state index in [1.807, 2.05) is 0 Å². The molecule has 0 saturated heterocycles. The fraction of sp³-hybridized carbons (Fsp3) is 0. The molecule has 0 aromatic carbocycles. The van der Waals surface area contributed by atoms with Crippen molar-refractivity contribution in [1.82, 2.24) is 0 Å². The quantitative estimate of drug-likeness (QED) is 0.338. The normalized spacial score (nSPS) is 4.50. The first kappa shape index (κ1) is 15.8. The van der Waals surface area contributed by atoms with Gasteiger partial charge in [-0.05, 0) is 5.94 Å². The zero-order chi connectivity index (χ0) is 3.58. The molecular formula is BBrNa2O2. The van der Waals surface area contributed by atoms with Gasteiger partial charge in [0, 0.05) is 0 Å². The molecule has 0 aliphatic rings. The van der Waals surface area contributed by atoms with Crippen LogP contribution in [0.2, 0.25) is 0 Å². The third-order valence-electron chi connectivity index (χ3n) is 0. The van der Waals surface area contributed by atoms with Crippen LogP contribution in [-0.4, -0.2) is 5.94 Å². The van der Waals surface area contributed by atoms with Gasteiger partial charge in [-0.2, -0.15) is 0 Å².